The Hall–Kier alpha value is -2.54. The van der Waals surface area contributed by atoms with Crippen molar-refractivity contribution in [2.24, 2.45) is 0 Å². The van der Waals surface area contributed by atoms with E-state index >= 15 is 0 Å². The predicted molar refractivity (Wildman–Crippen MR) is 111 cm³/mol. The third-order valence-electron chi connectivity index (χ3n) is 4.04. The Morgan fingerprint density at radius 1 is 1.07 bits per heavy atom. The van der Waals surface area contributed by atoms with E-state index in [9.17, 15) is 9.18 Å². The van der Waals surface area contributed by atoms with Crippen molar-refractivity contribution in [3.05, 3.63) is 87.9 Å². The molecule has 2 aromatic heterocycles. The topological polar surface area (TPSA) is 46.1 Å². The van der Waals surface area contributed by atoms with Crippen molar-refractivity contribution in [3.8, 4) is 0 Å². The number of carbonyl (C=O) groups is 1. The zero-order valence-electron chi connectivity index (χ0n) is 14.3. The van der Waals surface area contributed by atoms with Crippen LogP contribution in [0.25, 0.3) is 10.2 Å². The van der Waals surface area contributed by atoms with Gasteiger partial charge in [0.25, 0.3) is 5.91 Å². The third-order valence-corrected chi connectivity index (χ3v) is 5.70. The number of nitrogens with zero attached hydrogens (tertiary/aromatic N) is 3. The molecule has 4 aromatic rings. The summed E-state index contributed by atoms with van der Waals surface area (Å²) in [5, 5.41) is 0.999. The fraction of sp³-hybridized carbons (Fsp3) is 0.0500. The highest BCUT2D eigenvalue weighted by Crippen LogP contribution is 2.34. The number of para-hydroxylation sites is 1. The fourth-order valence-corrected chi connectivity index (χ4v) is 4.22. The summed E-state index contributed by atoms with van der Waals surface area (Å²) in [4.78, 5) is 23.6. The van der Waals surface area contributed by atoms with Crippen LogP contribution in [0.4, 0.5) is 9.52 Å². The van der Waals surface area contributed by atoms with Gasteiger partial charge in [0.05, 0.1) is 32.5 Å². The van der Waals surface area contributed by atoms with Crippen LogP contribution in [-0.4, -0.2) is 15.9 Å². The summed E-state index contributed by atoms with van der Waals surface area (Å²) in [7, 11) is 0. The Labute approximate surface area is 174 Å². The summed E-state index contributed by atoms with van der Waals surface area (Å²) in [6.07, 6.45) is 1.65. The molecule has 2 aromatic carbocycles. The van der Waals surface area contributed by atoms with Crippen LogP contribution in [0, 0.1) is 5.82 Å². The number of benzene rings is 2. The minimum absolute atomic E-state index is 0.0372. The van der Waals surface area contributed by atoms with Gasteiger partial charge in [-0.15, -0.1) is 0 Å². The van der Waals surface area contributed by atoms with Crippen LogP contribution in [0.3, 0.4) is 0 Å². The van der Waals surface area contributed by atoms with E-state index in [-0.39, 0.29) is 17.1 Å². The Morgan fingerprint density at radius 3 is 2.64 bits per heavy atom. The molecule has 0 spiro atoms. The van der Waals surface area contributed by atoms with Gasteiger partial charge in [0.2, 0.25) is 0 Å². The number of hydrogen-bond donors (Lipinski definition) is 0. The van der Waals surface area contributed by atoms with Crippen LogP contribution in [0.1, 0.15) is 16.1 Å². The van der Waals surface area contributed by atoms with E-state index in [4.69, 9.17) is 23.2 Å². The molecule has 4 rings (SSSR count). The van der Waals surface area contributed by atoms with Crippen molar-refractivity contribution < 1.29 is 9.18 Å². The Kier molecular flexibility index (Phi) is 5.26. The number of anilines is 1. The summed E-state index contributed by atoms with van der Waals surface area (Å²) < 4.78 is 14.3. The van der Waals surface area contributed by atoms with Crippen LogP contribution >= 0.6 is 34.5 Å². The van der Waals surface area contributed by atoms with E-state index in [1.807, 2.05) is 24.3 Å². The molecule has 2 heterocycles. The van der Waals surface area contributed by atoms with Gasteiger partial charge in [-0.05, 0) is 42.5 Å². The predicted octanol–water partition coefficient (Wildman–Crippen LogP) is 5.98. The number of amides is 1. The molecule has 0 N–H and O–H groups in total. The summed E-state index contributed by atoms with van der Waals surface area (Å²) in [6, 6.07) is 14.6. The van der Waals surface area contributed by atoms with E-state index in [0.29, 0.717) is 21.4 Å². The second-order valence-corrected chi connectivity index (χ2v) is 7.74. The van der Waals surface area contributed by atoms with Crippen LogP contribution in [0.2, 0.25) is 10.0 Å². The first kappa shape index (κ1) is 18.8. The molecule has 28 heavy (non-hydrogen) atoms. The number of thiazole rings is 1. The first-order chi connectivity index (χ1) is 13.5. The number of carbonyl (C=O) groups excluding carboxylic acids is 1. The highest BCUT2D eigenvalue weighted by Gasteiger charge is 2.24. The molecule has 1 amide bonds. The number of hydrogen-bond acceptors (Lipinski definition) is 4. The zero-order valence-corrected chi connectivity index (χ0v) is 16.6. The first-order valence-corrected chi connectivity index (χ1v) is 9.82. The molecule has 0 unspecified atom stereocenters. The van der Waals surface area contributed by atoms with Crippen LogP contribution < -0.4 is 4.90 Å². The first-order valence-electron chi connectivity index (χ1n) is 8.25. The molecule has 0 bridgehead atoms. The summed E-state index contributed by atoms with van der Waals surface area (Å²) in [5.74, 6) is -0.907. The number of aromatic nitrogens is 2. The van der Waals surface area contributed by atoms with Gasteiger partial charge in [0.1, 0.15) is 11.3 Å². The molecule has 0 saturated carbocycles. The molecule has 0 aliphatic carbocycles. The fourth-order valence-electron chi connectivity index (χ4n) is 2.71. The lowest BCUT2D eigenvalue weighted by Crippen LogP contribution is -2.31. The van der Waals surface area contributed by atoms with Gasteiger partial charge in [-0.3, -0.25) is 14.7 Å². The van der Waals surface area contributed by atoms with Gasteiger partial charge in [-0.1, -0.05) is 46.7 Å². The summed E-state index contributed by atoms with van der Waals surface area (Å²) in [5.41, 5.74) is 1.48. The maximum Gasteiger partial charge on any atom is 0.261 e. The lowest BCUT2D eigenvalue weighted by molar-refractivity contribution is 0.0985. The van der Waals surface area contributed by atoms with Crippen molar-refractivity contribution in [1.82, 2.24) is 9.97 Å². The monoisotopic (exact) mass is 431 g/mol. The Morgan fingerprint density at radius 2 is 1.93 bits per heavy atom. The van der Waals surface area contributed by atoms with Crippen molar-refractivity contribution in [2.45, 2.75) is 6.54 Å². The quantitative estimate of drug-likeness (QED) is 0.398. The minimum Gasteiger partial charge on any atom is -0.278 e. The van der Waals surface area contributed by atoms with E-state index in [2.05, 4.69) is 9.97 Å². The molecular weight excluding hydrogens is 420 g/mol. The largest absolute Gasteiger partial charge is 0.278 e. The third kappa shape index (κ3) is 3.71. The average Bonchev–Trinajstić information content (AvgIpc) is 3.12. The smallest absolute Gasteiger partial charge is 0.261 e. The molecule has 0 aliphatic rings. The second-order valence-electron chi connectivity index (χ2n) is 5.92. The molecule has 0 saturated heterocycles. The lowest BCUT2D eigenvalue weighted by Gasteiger charge is -2.20. The standard InChI is InChI=1S/C20H12Cl2FN3OS/c21-15-5-3-6-17-18(15)25-20(28-17)26(11-13-4-1-2-9-24-13)19(27)14-8-7-12(23)10-16(14)22/h1-10H,11H2. The number of fused-ring (bicyclic) bond motifs is 1. The van der Waals surface area contributed by atoms with Crippen LogP contribution in [-0.2, 0) is 6.54 Å². The van der Waals surface area contributed by atoms with Crippen molar-refractivity contribution in [3.63, 3.8) is 0 Å². The van der Waals surface area contributed by atoms with Gasteiger partial charge in [0.15, 0.2) is 5.13 Å². The van der Waals surface area contributed by atoms with Gasteiger partial charge >= 0.3 is 0 Å². The van der Waals surface area contributed by atoms with Gasteiger partial charge in [0, 0.05) is 6.20 Å². The zero-order chi connectivity index (χ0) is 19.7. The number of halogens is 3. The molecule has 0 fully saturated rings. The Bertz CT molecular complexity index is 1170. The highest BCUT2D eigenvalue weighted by molar-refractivity contribution is 7.22. The average molecular weight is 432 g/mol. The van der Waals surface area contributed by atoms with Gasteiger partial charge in [-0.2, -0.15) is 0 Å². The van der Waals surface area contributed by atoms with Crippen molar-refractivity contribution >= 4 is 55.8 Å². The highest BCUT2D eigenvalue weighted by atomic mass is 35.5. The van der Waals surface area contributed by atoms with Crippen LogP contribution in [0.5, 0.6) is 0 Å². The summed E-state index contributed by atoms with van der Waals surface area (Å²) >= 11 is 13.7. The molecule has 8 heteroatoms. The summed E-state index contributed by atoms with van der Waals surface area (Å²) in [6.45, 7) is 0.185. The molecule has 0 radical (unpaired) electrons. The van der Waals surface area contributed by atoms with Gasteiger partial charge < -0.3 is 0 Å². The normalized spacial score (nSPS) is 11.0. The lowest BCUT2D eigenvalue weighted by atomic mass is 10.2. The molecule has 0 aliphatic heterocycles. The number of pyridine rings is 1. The maximum absolute atomic E-state index is 13.4. The van der Waals surface area contributed by atoms with E-state index in [1.54, 1.807) is 18.3 Å². The minimum atomic E-state index is -0.510. The maximum atomic E-state index is 13.4. The SMILES string of the molecule is O=C(c1ccc(F)cc1Cl)N(Cc1ccccn1)c1nc2c(Cl)cccc2s1. The van der Waals surface area contributed by atoms with Crippen molar-refractivity contribution in [2.75, 3.05) is 4.90 Å². The molecule has 140 valence electrons. The van der Waals surface area contributed by atoms with E-state index < -0.39 is 11.7 Å². The molecule has 0 atom stereocenters. The molecule has 4 nitrogen and oxygen atoms in total. The molecular formula is C20H12Cl2FN3OS. The van der Waals surface area contributed by atoms with Crippen molar-refractivity contribution in [1.29, 1.82) is 0 Å². The van der Waals surface area contributed by atoms with E-state index in [1.165, 1.54) is 28.4 Å². The van der Waals surface area contributed by atoms with Gasteiger partial charge in [-0.25, -0.2) is 9.37 Å². The number of rotatable bonds is 4. The second kappa shape index (κ2) is 7.83. The van der Waals surface area contributed by atoms with E-state index in [0.717, 1.165) is 10.8 Å². The van der Waals surface area contributed by atoms with Crippen LogP contribution in [0.15, 0.2) is 60.8 Å². The Balaban J connectivity index is 1.80.